The van der Waals surface area contributed by atoms with Gasteiger partial charge in [0.25, 0.3) is 10.1 Å². The van der Waals surface area contributed by atoms with Crippen molar-refractivity contribution in [3.63, 3.8) is 0 Å². The number of rotatable bonds is 4. The van der Waals surface area contributed by atoms with Crippen molar-refractivity contribution in [3.8, 4) is 0 Å². The van der Waals surface area contributed by atoms with Crippen LogP contribution in [0.1, 0.15) is 33.6 Å². The maximum Gasteiger partial charge on any atom is 0.268 e. The van der Waals surface area contributed by atoms with Crippen LogP contribution in [0, 0.1) is 0 Å². The van der Waals surface area contributed by atoms with Crippen LogP contribution in [0.4, 0.5) is 0 Å². The summed E-state index contributed by atoms with van der Waals surface area (Å²) in [5.41, 5.74) is 0. The third-order valence-electron chi connectivity index (χ3n) is 2.88. The molecule has 0 N–H and O–H groups in total. The van der Waals surface area contributed by atoms with Gasteiger partial charge < -0.3 is 0 Å². The van der Waals surface area contributed by atoms with Crippen LogP contribution in [0.3, 0.4) is 0 Å². The van der Waals surface area contributed by atoms with Gasteiger partial charge in [0.05, 0.1) is 22.4 Å². The summed E-state index contributed by atoms with van der Waals surface area (Å²) in [6.07, 6.45) is 0.796. The molecule has 1 rings (SSSR count). The molecule has 1 saturated carbocycles. The molecule has 5 nitrogen and oxygen atoms in total. The summed E-state index contributed by atoms with van der Waals surface area (Å²) in [7, 11) is -6.15. The average Bonchev–Trinajstić information content (AvgIpc) is 2.83. The van der Waals surface area contributed by atoms with Crippen molar-refractivity contribution in [1.29, 1.82) is 0 Å². The van der Waals surface area contributed by atoms with E-state index in [0.717, 1.165) is 7.11 Å². The topological polar surface area (TPSA) is 77.5 Å². The van der Waals surface area contributed by atoms with Crippen molar-refractivity contribution < 1.29 is 21.0 Å². The maximum absolute atomic E-state index is 12.2. The van der Waals surface area contributed by atoms with Gasteiger partial charge >= 0.3 is 0 Å². The van der Waals surface area contributed by atoms with Crippen LogP contribution in [0.15, 0.2) is 0 Å². The Morgan fingerprint density at radius 3 is 1.81 bits per heavy atom. The van der Waals surface area contributed by atoms with Crippen molar-refractivity contribution in [1.82, 2.24) is 0 Å². The maximum atomic E-state index is 12.2. The Morgan fingerprint density at radius 1 is 1.12 bits per heavy atom. The van der Waals surface area contributed by atoms with Gasteiger partial charge in [-0.05, 0) is 33.6 Å². The van der Waals surface area contributed by atoms with E-state index in [1.807, 2.05) is 0 Å². The van der Waals surface area contributed by atoms with E-state index in [4.69, 9.17) is 0 Å². The second-order valence-corrected chi connectivity index (χ2v) is 10.0. The van der Waals surface area contributed by atoms with Crippen molar-refractivity contribution in [2.24, 2.45) is 0 Å². The smallest absolute Gasteiger partial charge is 0.268 e. The van der Waals surface area contributed by atoms with E-state index in [9.17, 15) is 16.8 Å². The molecule has 0 aliphatic heterocycles. The van der Waals surface area contributed by atoms with E-state index in [1.54, 1.807) is 20.8 Å². The quantitative estimate of drug-likeness (QED) is 0.703. The third kappa shape index (κ3) is 2.26. The van der Waals surface area contributed by atoms with Crippen molar-refractivity contribution >= 4 is 20.0 Å². The lowest BCUT2D eigenvalue weighted by atomic mass is 10.3. The van der Waals surface area contributed by atoms with Gasteiger partial charge in [-0.15, -0.1) is 0 Å². The van der Waals surface area contributed by atoms with Crippen molar-refractivity contribution in [2.75, 3.05) is 12.9 Å². The van der Waals surface area contributed by atoms with Gasteiger partial charge in [0.2, 0.25) is 0 Å². The standard InChI is InChI=1S/C9H18O5S2/c1-8(2,3)16(12,13)9(5-6-9)7-15(10,11)14-4/h5-7H2,1-4H3. The minimum Gasteiger partial charge on any atom is -0.273 e. The minimum atomic E-state index is -3.74. The molecule has 1 aliphatic rings. The minimum absolute atomic E-state index is 0.398. The van der Waals surface area contributed by atoms with E-state index in [1.165, 1.54) is 0 Å². The molecular formula is C9H18O5S2. The van der Waals surface area contributed by atoms with E-state index in [-0.39, 0.29) is 0 Å². The molecular weight excluding hydrogens is 252 g/mol. The highest BCUT2D eigenvalue weighted by Gasteiger charge is 2.60. The first-order chi connectivity index (χ1) is 6.97. The highest BCUT2D eigenvalue weighted by Crippen LogP contribution is 2.49. The highest BCUT2D eigenvalue weighted by molar-refractivity contribution is 7.96. The Bertz CT molecular complexity index is 463. The molecule has 0 unspecified atom stereocenters. The molecule has 0 spiro atoms. The first kappa shape index (κ1) is 13.9. The summed E-state index contributed by atoms with van der Waals surface area (Å²) >= 11 is 0. The van der Waals surface area contributed by atoms with E-state index in [2.05, 4.69) is 4.18 Å². The number of sulfone groups is 1. The lowest BCUT2D eigenvalue weighted by Gasteiger charge is -2.26. The second kappa shape index (κ2) is 3.68. The monoisotopic (exact) mass is 270 g/mol. The first-order valence-electron chi connectivity index (χ1n) is 5.00. The predicted molar refractivity (Wildman–Crippen MR) is 61.4 cm³/mol. The fourth-order valence-electron chi connectivity index (χ4n) is 1.66. The number of hydrogen-bond acceptors (Lipinski definition) is 5. The summed E-state index contributed by atoms with van der Waals surface area (Å²) in [6.45, 7) is 4.76. The van der Waals surface area contributed by atoms with Gasteiger partial charge in [-0.25, -0.2) is 8.42 Å². The molecule has 0 aromatic carbocycles. The Kier molecular flexibility index (Phi) is 3.20. The highest BCUT2D eigenvalue weighted by atomic mass is 32.2. The fraction of sp³-hybridized carbons (Fsp3) is 1.00. The molecule has 0 aromatic rings. The van der Waals surface area contributed by atoms with Gasteiger partial charge in [0.15, 0.2) is 9.84 Å². The van der Waals surface area contributed by atoms with E-state index in [0.29, 0.717) is 12.8 Å². The lowest BCUT2D eigenvalue weighted by Crippen LogP contribution is -2.42. The first-order valence-corrected chi connectivity index (χ1v) is 8.06. The van der Waals surface area contributed by atoms with Crippen molar-refractivity contribution in [3.05, 3.63) is 0 Å². The third-order valence-corrected chi connectivity index (χ3v) is 7.78. The molecule has 1 aliphatic carbocycles. The molecule has 7 heteroatoms. The van der Waals surface area contributed by atoms with Crippen LogP contribution in [0.2, 0.25) is 0 Å². The lowest BCUT2D eigenvalue weighted by molar-refractivity contribution is 0.395. The number of hydrogen-bond donors (Lipinski definition) is 0. The molecule has 1 fully saturated rings. The zero-order chi connectivity index (χ0) is 12.8. The van der Waals surface area contributed by atoms with Crippen LogP contribution in [-0.4, -0.2) is 39.2 Å². The van der Waals surface area contributed by atoms with Gasteiger partial charge in [-0.2, -0.15) is 8.42 Å². The van der Waals surface area contributed by atoms with Crippen molar-refractivity contribution in [2.45, 2.75) is 43.1 Å². The normalized spacial score (nSPS) is 20.8. The Labute approximate surface area is 97.2 Å². The average molecular weight is 270 g/mol. The van der Waals surface area contributed by atoms with Crippen LogP contribution >= 0.6 is 0 Å². The molecule has 0 radical (unpaired) electrons. The molecule has 0 aromatic heterocycles. The van der Waals surface area contributed by atoms with Crippen LogP contribution in [0.25, 0.3) is 0 Å². The molecule has 96 valence electrons. The van der Waals surface area contributed by atoms with Gasteiger partial charge in [-0.3, -0.25) is 4.18 Å². The molecule has 0 bridgehead atoms. The summed E-state index contributed by atoms with van der Waals surface area (Å²) in [5.74, 6) is -0.434. The van der Waals surface area contributed by atoms with E-state index < -0.39 is 35.2 Å². The molecule has 0 amide bonds. The van der Waals surface area contributed by atoms with Crippen LogP contribution in [0.5, 0.6) is 0 Å². The summed E-state index contributed by atoms with van der Waals surface area (Å²) in [5, 5.41) is 0. The Morgan fingerprint density at radius 2 is 1.56 bits per heavy atom. The zero-order valence-corrected chi connectivity index (χ0v) is 11.6. The second-order valence-electron chi connectivity index (χ2n) is 5.17. The van der Waals surface area contributed by atoms with Crippen LogP contribution in [-0.2, 0) is 24.1 Å². The molecule has 0 atom stereocenters. The van der Waals surface area contributed by atoms with Gasteiger partial charge in [-0.1, -0.05) is 0 Å². The summed E-state index contributed by atoms with van der Waals surface area (Å²) in [4.78, 5) is 0. The van der Waals surface area contributed by atoms with Gasteiger partial charge in [0, 0.05) is 0 Å². The largest absolute Gasteiger partial charge is 0.273 e. The molecule has 0 heterocycles. The zero-order valence-electron chi connectivity index (χ0n) is 9.98. The summed E-state index contributed by atoms with van der Waals surface area (Å²) in [6, 6.07) is 0. The molecule has 16 heavy (non-hydrogen) atoms. The SMILES string of the molecule is COS(=O)(=O)CC1(S(=O)(=O)C(C)(C)C)CC1. The Balaban J connectivity index is 3.07. The van der Waals surface area contributed by atoms with Crippen LogP contribution < -0.4 is 0 Å². The van der Waals surface area contributed by atoms with E-state index >= 15 is 0 Å². The predicted octanol–water partition coefficient (Wildman–Crippen LogP) is 0.708. The Hall–Kier alpha value is -0.140. The summed E-state index contributed by atoms with van der Waals surface area (Å²) < 4.78 is 49.4. The fourth-order valence-corrected chi connectivity index (χ4v) is 5.70. The molecule has 0 saturated heterocycles. The van der Waals surface area contributed by atoms with Gasteiger partial charge in [0.1, 0.15) is 0 Å².